The minimum atomic E-state index is -0.108. The number of benzene rings is 1. The number of rotatable bonds is 6. The average molecular weight is 406 g/mol. The van der Waals surface area contributed by atoms with Crippen LogP contribution in [0.25, 0.3) is 0 Å². The summed E-state index contributed by atoms with van der Waals surface area (Å²) in [6.07, 6.45) is 3.29. The van der Waals surface area contributed by atoms with Crippen molar-refractivity contribution in [3.63, 3.8) is 0 Å². The molecule has 8 heteroatoms. The summed E-state index contributed by atoms with van der Waals surface area (Å²) in [5.74, 6) is 0.735. The standard InChI is InChI=1S/C20H27N5O2.ClH/c1-27-15-6-4-5-14(11-15)18(25-9-2-3-10-25)13-22-20(26)19-16-12-21-8-7-17(16)23-24-19;/h4-6,11,18,21H,2-3,7-10,12-13H2,1H3,(H,22,26)(H,23,24);1H. The SMILES string of the molecule is COc1cccc(C(CNC(=O)c2n[nH]c3c2CNCC3)N2CCCC2)c1.Cl. The molecule has 1 unspecified atom stereocenters. The second-order valence-corrected chi connectivity index (χ2v) is 7.20. The molecule has 2 aromatic rings. The van der Waals surface area contributed by atoms with Gasteiger partial charge in [0.15, 0.2) is 5.69 Å². The minimum Gasteiger partial charge on any atom is -0.497 e. The van der Waals surface area contributed by atoms with Crippen LogP contribution in [0.5, 0.6) is 5.75 Å². The molecule has 0 saturated carbocycles. The molecule has 0 radical (unpaired) electrons. The zero-order chi connectivity index (χ0) is 18.6. The monoisotopic (exact) mass is 405 g/mol. The number of amides is 1. The fourth-order valence-electron chi connectivity index (χ4n) is 4.05. The molecule has 0 bridgehead atoms. The molecule has 28 heavy (non-hydrogen) atoms. The summed E-state index contributed by atoms with van der Waals surface area (Å²) in [6.45, 7) is 4.28. The van der Waals surface area contributed by atoms with Gasteiger partial charge in [0.05, 0.1) is 13.2 Å². The number of carbonyl (C=O) groups is 1. The maximum atomic E-state index is 12.8. The van der Waals surface area contributed by atoms with E-state index in [9.17, 15) is 4.79 Å². The Morgan fingerprint density at radius 2 is 2.18 bits per heavy atom. The molecule has 152 valence electrons. The van der Waals surface area contributed by atoms with E-state index in [0.29, 0.717) is 18.8 Å². The lowest BCUT2D eigenvalue weighted by molar-refractivity contribution is 0.0931. The van der Waals surface area contributed by atoms with Gasteiger partial charge in [0.1, 0.15) is 5.75 Å². The van der Waals surface area contributed by atoms with Crippen molar-refractivity contribution in [1.82, 2.24) is 25.7 Å². The number of aromatic nitrogens is 2. The molecule has 1 saturated heterocycles. The predicted molar refractivity (Wildman–Crippen MR) is 110 cm³/mol. The van der Waals surface area contributed by atoms with E-state index in [1.54, 1.807) is 7.11 Å². The Balaban J connectivity index is 0.00000225. The van der Waals surface area contributed by atoms with Crippen LogP contribution in [0.2, 0.25) is 0 Å². The Labute approximate surface area is 171 Å². The molecule has 2 aliphatic rings. The van der Waals surface area contributed by atoms with Crippen molar-refractivity contribution < 1.29 is 9.53 Å². The first kappa shape index (κ1) is 20.6. The number of nitrogens with zero attached hydrogens (tertiary/aromatic N) is 2. The van der Waals surface area contributed by atoms with E-state index >= 15 is 0 Å². The third-order valence-corrected chi connectivity index (χ3v) is 5.54. The van der Waals surface area contributed by atoms with Crippen molar-refractivity contribution in [2.75, 3.05) is 33.3 Å². The fraction of sp³-hybridized carbons (Fsp3) is 0.500. The highest BCUT2D eigenvalue weighted by molar-refractivity contribution is 5.94. The van der Waals surface area contributed by atoms with E-state index in [1.165, 1.54) is 18.4 Å². The van der Waals surface area contributed by atoms with Gasteiger partial charge in [-0.2, -0.15) is 5.10 Å². The van der Waals surface area contributed by atoms with Crippen molar-refractivity contribution >= 4 is 18.3 Å². The van der Waals surface area contributed by atoms with Gasteiger partial charge in [0.2, 0.25) is 0 Å². The lowest BCUT2D eigenvalue weighted by Gasteiger charge is -2.28. The number of methoxy groups -OCH3 is 1. The number of likely N-dealkylation sites (tertiary alicyclic amines) is 1. The highest BCUT2D eigenvalue weighted by atomic mass is 35.5. The van der Waals surface area contributed by atoms with Crippen molar-refractivity contribution in [2.24, 2.45) is 0 Å². The van der Waals surface area contributed by atoms with E-state index < -0.39 is 0 Å². The van der Waals surface area contributed by atoms with E-state index in [-0.39, 0.29) is 24.4 Å². The van der Waals surface area contributed by atoms with E-state index in [2.05, 4.69) is 37.9 Å². The maximum Gasteiger partial charge on any atom is 0.272 e. The summed E-state index contributed by atoms with van der Waals surface area (Å²) in [7, 11) is 1.68. The quantitative estimate of drug-likeness (QED) is 0.685. The Bertz CT molecular complexity index is 804. The molecule has 1 amide bonds. The van der Waals surface area contributed by atoms with Gasteiger partial charge in [0, 0.05) is 37.3 Å². The first-order valence-corrected chi connectivity index (χ1v) is 9.69. The van der Waals surface area contributed by atoms with Crippen LogP contribution in [0.15, 0.2) is 24.3 Å². The van der Waals surface area contributed by atoms with Gasteiger partial charge < -0.3 is 15.4 Å². The topological polar surface area (TPSA) is 82.3 Å². The second kappa shape index (κ2) is 9.41. The lowest BCUT2D eigenvalue weighted by atomic mass is 10.0. The number of carbonyl (C=O) groups excluding carboxylic acids is 1. The largest absolute Gasteiger partial charge is 0.497 e. The van der Waals surface area contributed by atoms with E-state index in [0.717, 1.165) is 43.1 Å². The number of nitrogens with one attached hydrogen (secondary N) is 3. The van der Waals surface area contributed by atoms with Gasteiger partial charge in [-0.15, -0.1) is 12.4 Å². The van der Waals surface area contributed by atoms with E-state index in [1.807, 2.05) is 12.1 Å². The third kappa shape index (κ3) is 4.32. The van der Waals surface area contributed by atoms with Crippen LogP contribution < -0.4 is 15.4 Å². The van der Waals surface area contributed by atoms with Crippen LogP contribution in [0.1, 0.15) is 46.2 Å². The number of hydrogen-bond acceptors (Lipinski definition) is 5. The summed E-state index contributed by atoms with van der Waals surface area (Å²) in [4.78, 5) is 15.2. The molecule has 3 N–H and O–H groups in total. The molecule has 4 rings (SSSR count). The summed E-state index contributed by atoms with van der Waals surface area (Å²) >= 11 is 0. The highest BCUT2D eigenvalue weighted by Gasteiger charge is 2.26. The number of hydrogen-bond donors (Lipinski definition) is 3. The normalized spacial score (nSPS) is 17.5. The Hall–Kier alpha value is -2.09. The molecule has 1 fully saturated rings. The lowest BCUT2D eigenvalue weighted by Crippen LogP contribution is -2.37. The van der Waals surface area contributed by atoms with E-state index in [4.69, 9.17) is 4.74 Å². The zero-order valence-electron chi connectivity index (χ0n) is 16.2. The van der Waals surface area contributed by atoms with Crippen molar-refractivity contribution in [2.45, 2.75) is 31.8 Å². The molecule has 7 nitrogen and oxygen atoms in total. The second-order valence-electron chi connectivity index (χ2n) is 7.20. The van der Waals surface area contributed by atoms with Crippen LogP contribution in [0, 0.1) is 0 Å². The molecule has 1 aromatic carbocycles. The number of H-pyrrole nitrogens is 1. The number of fused-ring (bicyclic) bond motifs is 1. The molecule has 3 heterocycles. The Morgan fingerprint density at radius 3 is 2.96 bits per heavy atom. The summed E-state index contributed by atoms with van der Waals surface area (Å²) in [5, 5.41) is 13.7. The van der Waals surface area contributed by atoms with Crippen molar-refractivity contribution in [1.29, 1.82) is 0 Å². The Morgan fingerprint density at radius 1 is 1.36 bits per heavy atom. The number of ether oxygens (including phenoxy) is 1. The van der Waals surface area contributed by atoms with Crippen LogP contribution >= 0.6 is 12.4 Å². The average Bonchev–Trinajstić information content (AvgIpc) is 3.38. The zero-order valence-corrected chi connectivity index (χ0v) is 17.0. The number of halogens is 1. The maximum absolute atomic E-state index is 12.8. The molecular weight excluding hydrogens is 378 g/mol. The first-order valence-electron chi connectivity index (χ1n) is 9.69. The number of aromatic amines is 1. The minimum absolute atomic E-state index is 0. The first-order chi connectivity index (χ1) is 13.3. The van der Waals surface area contributed by atoms with Crippen molar-refractivity contribution in [3.8, 4) is 5.75 Å². The van der Waals surface area contributed by atoms with Gasteiger partial charge in [0.25, 0.3) is 5.91 Å². The summed E-state index contributed by atoms with van der Waals surface area (Å²) in [6, 6.07) is 8.27. The fourth-order valence-corrected chi connectivity index (χ4v) is 4.05. The van der Waals surface area contributed by atoms with Gasteiger partial charge in [-0.3, -0.25) is 14.8 Å². The third-order valence-electron chi connectivity index (χ3n) is 5.54. The predicted octanol–water partition coefficient (Wildman–Crippen LogP) is 2.05. The van der Waals surface area contributed by atoms with Crippen LogP contribution in [-0.4, -0.2) is 54.3 Å². The van der Waals surface area contributed by atoms with Gasteiger partial charge in [-0.05, 0) is 43.6 Å². The highest BCUT2D eigenvalue weighted by Crippen LogP contribution is 2.27. The van der Waals surface area contributed by atoms with Gasteiger partial charge >= 0.3 is 0 Å². The smallest absolute Gasteiger partial charge is 0.272 e. The molecule has 1 aromatic heterocycles. The molecule has 0 aliphatic carbocycles. The van der Waals surface area contributed by atoms with Crippen LogP contribution in [0.3, 0.4) is 0 Å². The molecule has 1 atom stereocenters. The molecular formula is C20H28ClN5O2. The summed E-state index contributed by atoms with van der Waals surface area (Å²) < 4.78 is 5.39. The Kier molecular flexibility index (Phi) is 6.93. The van der Waals surface area contributed by atoms with Crippen LogP contribution in [0.4, 0.5) is 0 Å². The molecule has 2 aliphatic heterocycles. The van der Waals surface area contributed by atoms with Crippen molar-refractivity contribution in [3.05, 3.63) is 46.8 Å². The summed E-state index contributed by atoms with van der Waals surface area (Å²) in [5.41, 5.74) is 3.76. The molecule has 0 spiro atoms. The van der Waals surface area contributed by atoms with Gasteiger partial charge in [-0.25, -0.2) is 0 Å². The van der Waals surface area contributed by atoms with Gasteiger partial charge in [-0.1, -0.05) is 12.1 Å². The van der Waals surface area contributed by atoms with Crippen LogP contribution in [-0.2, 0) is 13.0 Å².